The van der Waals surface area contributed by atoms with Crippen LogP contribution in [-0.4, -0.2) is 40.3 Å². The number of halogens is 3. The van der Waals surface area contributed by atoms with Crippen LogP contribution in [0.2, 0.25) is 0 Å². The first-order valence-corrected chi connectivity index (χ1v) is 12.6. The van der Waals surface area contributed by atoms with Gasteiger partial charge in [-0.05, 0) is 32.0 Å². The van der Waals surface area contributed by atoms with E-state index in [2.05, 4.69) is 6.58 Å². The molecule has 1 heterocycles. The molecule has 2 aromatic carbocycles. The zero-order valence-electron chi connectivity index (χ0n) is 18.0. The van der Waals surface area contributed by atoms with E-state index in [0.29, 0.717) is 16.5 Å². The Morgan fingerprint density at radius 3 is 2.39 bits per heavy atom. The topological polar surface area (TPSA) is 68.6 Å². The molecule has 0 saturated heterocycles. The molecule has 3 aromatic rings. The van der Waals surface area contributed by atoms with Crippen molar-refractivity contribution < 1.29 is 17.9 Å². The normalized spacial score (nSPS) is 13.0. The molecule has 0 N–H and O–H groups in total. The van der Waals surface area contributed by atoms with E-state index in [1.807, 2.05) is 6.92 Å². The summed E-state index contributed by atoms with van der Waals surface area (Å²) >= 11 is 17.1. The average Bonchev–Trinajstić information content (AvgIpc) is 3.16. The third kappa shape index (κ3) is 5.49. The molecule has 0 saturated carbocycles. The number of para-hydroxylation sites is 1. The highest BCUT2D eigenvalue weighted by molar-refractivity contribution is 7.90. The van der Waals surface area contributed by atoms with Crippen molar-refractivity contribution in [2.24, 2.45) is 0 Å². The van der Waals surface area contributed by atoms with E-state index >= 15 is 0 Å². The van der Waals surface area contributed by atoms with Gasteiger partial charge in [0.1, 0.15) is 6.61 Å². The van der Waals surface area contributed by atoms with Crippen molar-refractivity contribution in [1.82, 2.24) is 8.87 Å². The fourth-order valence-corrected chi connectivity index (χ4v) is 5.06. The lowest BCUT2D eigenvalue weighted by molar-refractivity contribution is 0.0971. The van der Waals surface area contributed by atoms with Crippen LogP contribution >= 0.6 is 34.8 Å². The summed E-state index contributed by atoms with van der Waals surface area (Å²) in [5.41, 5.74) is 2.00. The Morgan fingerprint density at radius 1 is 1.18 bits per heavy atom. The van der Waals surface area contributed by atoms with Crippen LogP contribution in [0.1, 0.15) is 24.1 Å². The molecular weight excluding hydrogens is 507 g/mol. The molecule has 0 fully saturated rings. The molecule has 0 radical (unpaired) electrons. The molecule has 0 aliphatic rings. The van der Waals surface area contributed by atoms with E-state index in [4.69, 9.17) is 39.5 Å². The van der Waals surface area contributed by atoms with Crippen LogP contribution in [0, 0.1) is 6.92 Å². The van der Waals surface area contributed by atoms with Gasteiger partial charge in [-0.15, -0.1) is 6.58 Å². The number of fused-ring (bicyclic) bond motifs is 1. The van der Waals surface area contributed by atoms with Crippen LogP contribution in [0.4, 0.5) is 4.79 Å². The Bertz CT molecular complexity index is 1270. The van der Waals surface area contributed by atoms with Gasteiger partial charge in [0.2, 0.25) is 3.79 Å². The third-order valence-electron chi connectivity index (χ3n) is 5.10. The number of alkyl halides is 3. The molecule has 1 aromatic heterocycles. The summed E-state index contributed by atoms with van der Waals surface area (Å²) in [4.78, 5) is 14.3. The number of likely N-dealkylation sites (N-methyl/N-ethyl adjacent to an activating group) is 1. The van der Waals surface area contributed by atoms with Gasteiger partial charge in [0.25, 0.3) is 10.0 Å². The average molecular weight is 530 g/mol. The second-order valence-electron chi connectivity index (χ2n) is 7.35. The van der Waals surface area contributed by atoms with Crippen molar-refractivity contribution >= 4 is 61.8 Å². The van der Waals surface area contributed by atoms with Gasteiger partial charge in [0, 0.05) is 23.7 Å². The maximum atomic E-state index is 13.5. The van der Waals surface area contributed by atoms with E-state index in [0.717, 1.165) is 5.56 Å². The number of ether oxygens (including phenoxy) is 1. The molecule has 0 aliphatic heterocycles. The summed E-state index contributed by atoms with van der Waals surface area (Å²) in [7, 11) is -3.89. The first kappa shape index (κ1) is 25.4. The van der Waals surface area contributed by atoms with Crippen molar-refractivity contribution in [3.05, 3.63) is 78.5 Å². The van der Waals surface area contributed by atoms with Crippen molar-refractivity contribution in [1.29, 1.82) is 0 Å². The fourth-order valence-electron chi connectivity index (χ4n) is 3.52. The molecule has 1 unspecified atom stereocenters. The minimum absolute atomic E-state index is 0.157. The van der Waals surface area contributed by atoms with Gasteiger partial charge in [0.15, 0.2) is 0 Å². The molecule has 0 spiro atoms. The van der Waals surface area contributed by atoms with Crippen LogP contribution in [0.15, 0.2) is 72.3 Å². The number of carbonyl (C=O) groups excluding carboxylic acids is 1. The van der Waals surface area contributed by atoms with Crippen LogP contribution in [0.5, 0.6) is 0 Å². The van der Waals surface area contributed by atoms with Crippen LogP contribution in [0.25, 0.3) is 10.9 Å². The highest BCUT2D eigenvalue weighted by atomic mass is 35.6. The predicted molar refractivity (Wildman–Crippen MR) is 133 cm³/mol. The highest BCUT2D eigenvalue weighted by Crippen LogP contribution is 2.34. The van der Waals surface area contributed by atoms with Crippen LogP contribution in [0.3, 0.4) is 0 Å². The summed E-state index contributed by atoms with van der Waals surface area (Å²) in [5.74, 6) is 0. The number of aromatic nitrogens is 1. The van der Waals surface area contributed by atoms with Gasteiger partial charge in [-0.3, -0.25) is 4.90 Å². The standard InChI is InChI=1S/C23H23Cl3N2O4S/c1-4-20(27(5-2)22(29)32-15-23(24,25)26)19-14-28(21-9-7-6-8-18(19)21)33(30,31)17-12-10-16(3)11-13-17/h4,6-14,20H,1,5,15H2,2-3H3. The third-order valence-corrected chi connectivity index (χ3v) is 7.11. The lowest BCUT2D eigenvalue weighted by Gasteiger charge is -2.28. The number of rotatable bonds is 7. The van der Waals surface area contributed by atoms with Gasteiger partial charge < -0.3 is 4.74 Å². The Balaban J connectivity index is 2.10. The Labute approximate surface area is 208 Å². The van der Waals surface area contributed by atoms with Gasteiger partial charge in [0.05, 0.1) is 16.5 Å². The summed E-state index contributed by atoms with van der Waals surface area (Å²) in [5, 5.41) is 0.658. The first-order chi connectivity index (χ1) is 15.5. The second-order valence-corrected chi connectivity index (χ2v) is 11.7. The molecule has 176 valence electrons. The van der Waals surface area contributed by atoms with E-state index in [1.165, 1.54) is 15.1 Å². The number of nitrogens with zero attached hydrogens (tertiary/aromatic N) is 2. The summed E-state index contributed by atoms with van der Waals surface area (Å²) in [6.07, 6.45) is 2.34. The van der Waals surface area contributed by atoms with Crippen molar-refractivity contribution in [2.75, 3.05) is 13.2 Å². The zero-order valence-corrected chi connectivity index (χ0v) is 21.1. The SMILES string of the molecule is C=CC(c1cn(S(=O)(=O)c2ccc(C)cc2)c2ccccc12)N(CC)C(=O)OCC(Cl)(Cl)Cl. The maximum Gasteiger partial charge on any atom is 0.410 e. The number of aryl methyl sites for hydroxylation is 1. The second kappa shape index (κ2) is 9.97. The molecule has 10 heteroatoms. The van der Waals surface area contributed by atoms with E-state index in [9.17, 15) is 13.2 Å². The minimum atomic E-state index is -3.89. The lowest BCUT2D eigenvalue weighted by atomic mass is 10.0. The summed E-state index contributed by atoms with van der Waals surface area (Å²) in [6.45, 7) is 7.32. The van der Waals surface area contributed by atoms with Crippen molar-refractivity contribution in [3.8, 4) is 0 Å². The Kier molecular flexibility index (Phi) is 7.69. The maximum absolute atomic E-state index is 13.5. The highest BCUT2D eigenvalue weighted by Gasteiger charge is 2.30. The van der Waals surface area contributed by atoms with Crippen molar-refractivity contribution in [2.45, 2.75) is 28.6 Å². The monoisotopic (exact) mass is 528 g/mol. The van der Waals surface area contributed by atoms with Gasteiger partial charge in [-0.25, -0.2) is 17.2 Å². The van der Waals surface area contributed by atoms with Gasteiger partial charge in [-0.2, -0.15) is 0 Å². The number of amides is 1. The number of hydrogen-bond donors (Lipinski definition) is 0. The van der Waals surface area contributed by atoms with E-state index in [-0.39, 0.29) is 11.4 Å². The minimum Gasteiger partial charge on any atom is -0.445 e. The molecular formula is C23H23Cl3N2O4S. The molecule has 1 amide bonds. The number of benzene rings is 2. The summed E-state index contributed by atoms with van der Waals surface area (Å²) in [6, 6.07) is 13.0. The van der Waals surface area contributed by atoms with E-state index in [1.54, 1.807) is 61.5 Å². The smallest absolute Gasteiger partial charge is 0.410 e. The lowest BCUT2D eigenvalue weighted by Crippen LogP contribution is -2.36. The van der Waals surface area contributed by atoms with Crippen LogP contribution in [-0.2, 0) is 14.8 Å². The molecule has 6 nitrogen and oxygen atoms in total. The zero-order chi connectivity index (χ0) is 24.4. The predicted octanol–water partition coefficient (Wildman–Crippen LogP) is 6.24. The largest absolute Gasteiger partial charge is 0.445 e. The molecule has 0 bridgehead atoms. The van der Waals surface area contributed by atoms with Crippen LogP contribution < -0.4 is 0 Å². The van der Waals surface area contributed by atoms with Gasteiger partial charge in [-0.1, -0.05) is 76.8 Å². The first-order valence-electron chi connectivity index (χ1n) is 10.0. The molecule has 33 heavy (non-hydrogen) atoms. The summed E-state index contributed by atoms with van der Waals surface area (Å²) < 4.78 is 31.5. The molecule has 3 rings (SSSR count). The fraction of sp³-hybridized carbons (Fsp3) is 0.261. The number of carbonyl (C=O) groups is 1. The molecule has 1 atom stereocenters. The Hall–Kier alpha value is -2.19. The Morgan fingerprint density at radius 2 is 1.82 bits per heavy atom. The van der Waals surface area contributed by atoms with E-state index < -0.39 is 32.6 Å². The van der Waals surface area contributed by atoms with Crippen molar-refractivity contribution in [3.63, 3.8) is 0 Å². The molecule has 0 aliphatic carbocycles. The number of hydrogen-bond acceptors (Lipinski definition) is 4. The quantitative estimate of drug-likeness (QED) is 0.268. The van der Waals surface area contributed by atoms with Gasteiger partial charge >= 0.3 is 6.09 Å².